The van der Waals surface area contributed by atoms with Crippen molar-refractivity contribution in [2.45, 2.75) is 30.5 Å². The Labute approximate surface area is 228 Å². The summed E-state index contributed by atoms with van der Waals surface area (Å²) in [5, 5.41) is 0.583. The summed E-state index contributed by atoms with van der Waals surface area (Å²) in [5.74, 6) is 0.255. The highest BCUT2D eigenvalue weighted by atomic mass is 35.5. The Hall–Kier alpha value is -2.57. The number of thiazole rings is 1. The summed E-state index contributed by atoms with van der Waals surface area (Å²) < 4.78 is 34.6. The van der Waals surface area contributed by atoms with Crippen LogP contribution < -0.4 is 9.64 Å². The van der Waals surface area contributed by atoms with E-state index >= 15 is 0 Å². The van der Waals surface area contributed by atoms with Crippen LogP contribution in [0.4, 0.5) is 5.13 Å². The van der Waals surface area contributed by atoms with E-state index in [1.54, 1.807) is 30.5 Å². The van der Waals surface area contributed by atoms with Gasteiger partial charge in [-0.25, -0.2) is 13.4 Å². The van der Waals surface area contributed by atoms with Crippen molar-refractivity contribution in [3.05, 3.63) is 64.3 Å². The first-order valence-corrected chi connectivity index (χ1v) is 15.1. The van der Waals surface area contributed by atoms with Gasteiger partial charge in [-0.3, -0.25) is 14.7 Å². The van der Waals surface area contributed by atoms with Crippen molar-refractivity contribution in [1.82, 2.24) is 14.3 Å². The molecule has 1 fully saturated rings. The van der Waals surface area contributed by atoms with E-state index in [1.165, 1.54) is 21.7 Å². The number of rotatable bonds is 7. The zero-order chi connectivity index (χ0) is 26.2. The van der Waals surface area contributed by atoms with E-state index in [9.17, 15) is 13.2 Å². The summed E-state index contributed by atoms with van der Waals surface area (Å²) in [4.78, 5) is 24.6. The Kier molecular flexibility index (Phi) is 7.51. The normalized spacial score (nSPS) is 15.2. The third-order valence-corrected chi connectivity index (χ3v) is 11.2. The number of carbonyl (C=O) groups excluding carboxylic acids is 1. The molecule has 1 aliphatic rings. The molecule has 1 amide bonds. The van der Waals surface area contributed by atoms with Crippen molar-refractivity contribution in [2.75, 3.05) is 25.1 Å². The fourth-order valence-electron chi connectivity index (χ4n) is 4.42. The maximum absolute atomic E-state index is 13.9. The molecule has 0 bridgehead atoms. The number of benzene rings is 1. The highest BCUT2D eigenvalue weighted by Gasteiger charge is 2.35. The van der Waals surface area contributed by atoms with Gasteiger partial charge in [-0.2, -0.15) is 4.31 Å². The molecule has 0 unspecified atom stereocenters. The fraction of sp³-hybridized carbons (Fsp3) is 0.320. The number of carbonyl (C=O) groups is 1. The molecule has 0 atom stereocenters. The van der Waals surface area contributed by atoms with Crippen molar-refractivity contribution < 1.29 is 17.9 Å². The minimum Gasteiger partial charge on any atom is -0.494 e. The lowest BCUT2D eigenvalue weighted by Gasteiger charge is -2.32. The Balaban J connectivity index is 1.41. The monoisotopic (exact) mass is 576 g/mol. The van der Waals surface area contributed by atoms with Crippen molar-refractivity contribution in [3.63, 3.8) is 0 Å². The summed E-state index contributed by atoms with van der Waals surface area (Å²) in [7, 11) is -2.03. The van der Waals surface area contributed by atoms with Gasteiger partial charge < -0.3 is 4.74 Å². The molecule has 4 aromatic rings. The summed E-state index contributed by atoms with van der Waals surface area (Å²) in [5.41, 5.74) is 2.66. The highest BCUT2D eigenvalue weighted by Crippen LogP contribution is 2.38. The predicted molar refractivity (Wildman–Crippen MR) is 147 cm³/mol. The van der Waals surface area contributed by atoms with Gasteiger partial charge in [0.2, 0.25) is 5.91 Å². The van der Waals surface area contributed by atoms with Gasteiger partial charge in [-0.05, 0) is 55.2 Å². The van der Waals surface area contributed by atoms with Crippen molar-refractivity contribution in [3.8, 4) is 5.75 Å². The molecule has 8 nitrogen and oxygen atoms in total. The molecule has 194 valence electrons. The Morgan fingerprint density at radius 1 is 1.19 bits per heavy atom. The average Bonchev–Trinajstić information content (AvgIpc) is 3.56. The van der Waals surface area contributed by atoms with Crippen LogP contribution in [0.1, 0.15) is 24.0 Å². The number of aryl methyl sites for hydroxylation is 1. The first-order chi connectivity index (χ1) is 17.8. The van der Waals surface area contributed by atoms with Crippen LogP contribution in [0.5, 0.6) is 5.75 Å². The van der Waals surface area contributed by atoms with Gasteiger partial charge >= 0.3 is 0 Å². The molecule has 0 aliphatic carbocycles. The lowest BCUT2D eigenvalue weighted by molar-refractivity contribution is -0.123. The van der Waals surface area contributed by atoms with Crippen LogP contribution in [-0.2, 0) is 21.4 Å². The number of thiophene rings is 1. The Morgan fingerprint density at radius 2 is 1.97 bits per heavy atom. The number of ether oxygens (including phenoxy) is 1. The molecular formula is C25H25ClN4O4S3. The van der Waals surface area contributed by atoms with Gasteiger partial charge in [0.15, 0.2) is 5.13 Å². The van der Waals surface area contributed by atoms with Crippen LogP contribution in [-0.4, -0.2) is 48.8 Å². The number of sulfonamides is 1. The van der Waals surface area contributed by atoms with E-state index in [-0.39, 0.29) is 29.1 Å². The summed E-state index contributed by atoms with van der Waals surface area (Å²) in [6.07, 6.45) is 4.28. The number of fused-ring (bicyclic) bond motifs is 1. The molecule has 1 aliphatic heterocycles. The zero-order valence-corrected chi connectivity index (χ0v) is 23.5. The molecule has 1 saturated heterocycles. The lowest BCUT2D eigenvalue weighted by atomic mass is 9.96. The molecule has 0 radical (unpaired) electrons. The second kappa shape index (κ2) is 10.7. The molecule has 1 aromatic carbocycles. The largest absolute Gasteiger partial charge is 0.494 e. The minimum atomic E-state index is -3.63. The van der Waals surface area contributed by atoms with Gasteiger partial charge in [0.1, 0.15) is 15.5 Å². The second-order valence-corrected chi connectivity index (χ2v) is 13.6. The molecule has 0 N–H and O–H groups in total. The maximum atomic E-state index is 13.9. The topological polar surface area (TPSA) is 92.7 Å². The number of nitrogens with zero attached hydrogens (tertiary/aromatic N) is 4. The van der Waals surface area contributed by atoms with Crippen LogP contribution in [0.25, 0.3) is 10.2 Å². The number of pyridine rings is 1. The van der Waals surface area contributed by atoms with Crippen LogP contribution in [0.15, 0.2) is 53.0 Å². The molecule has 3 aromatic heterocycles. The van der Waals surface area contributed by atoms with E-state index in [0.717, 1.165) is 32.7 Å². The zero-order valence-electron chi connectivity index (χ0n) is 20.3. The predicted octanol–water partition coefficient (Wildman–Crippen LogP) is 5.36. The first-order valence-electron chi connectivity index (χ1n) is 11.7. The number of methoxy groups -OCH3 is 1. The van der Waals surface area contributed by atoms with E-state index in [1.807, 2.05) is 31.2 Å². The van der Waals surface area contributed by atoms with Crippen LogP contribution in [0.2, 0.25) is 4.34 Å². The standard InChI is InChI=1S/C25H25ClN4O4S3/c1-16-5-6-19(34-2)22-23(16)36-25(28-22)30(15-17-4-3-11-27-14-17)24(31)18-9-12-29(13-10-18)37(32,33)21-8-7-20(26)35-21/h3-8,11,14,18H,9-10,12-13,15H2,1-2H3. The molecule has 4 heterocycles. The molecule has 0 spiro atoms. The number of piperidine rings is 1. The third-order valence-electron chi connectivity index (χ3n) is 6.42. The van der Waals surface area contributed by atoms with Crippen LogP contribution in [0, 0.1) is 12.8 Å². The lowest BCUT2D eigenvalue weighted by Crippen LogP contribution is -2.44. The molecule has 37 heavy (non-hydrogen) atoms. The first kappa shape index (κ1) is 26.1. The Morgan fingerprint density at radius 3 is 2.62 bits per heavy atom. The van der Waals surface area contributed by atoms with Crippen molar-refractivity contribution in [2.24, 2.45) is 5.92 Å². The van der Waals surface area contributed by atoms with Gasteiger partial charge in [-0.1, -0.05) is 35.1 Å². The van der Waals surface area contributed by atoms with Crippen molar-refractivity contribution >= 4 is 65.6 Å². The number of anilines is 1. The maximum Gasteiger partial charge on any atom is 0.252 e. The van der Waals surface area contributed by atoms with E-state index in [4.69, 9.17) is 21.3 Å². The number of hydrogen-bond donors (Lipinski definition) is 0. The second-order valence-electron chi connectivity index (χ2n) is 8.78. The summed E-state index contributed by atoms with van der Waals surface area (Å²) in [6.45, 7) is 2.86. The molecular weight excluding hydrogens is 552 g/mol. The quantitative estimate of drug-likeness (QED) is 0.294. The number of amides is 1. The summed E-state index contributed by atoms with van der Waals surface area (Å²) in [6, 6.07) is 10.7. The minimum absolute atomic E-state index is 0.0734. The van der Waals surface area contributed by atoms with E-state index in [0.29, 0.717) is 34.6 Å². The Bertz CT molecular complexity index is 1530. The highest BCUT2D eigenvalue weighted by molar-refractivity contribution is 7.91. The molecule has 0 saturated carbocycles. The van der Waals surface area contributed by atoms with E-state index < -0.39 is 10.0 Å². The number of hydrogen-bond acceptors (Lipinski definition) is 8. The third kappa shape index (κ3) is 5.23. The van der Waals surface area contributed by atoms with Gasteiger partial charge in [0.25, 0.3) is 10.0 Å². The number of halogens is 1. The number of aromatic nitrogens is 2. The smallest absolute Gasteiger partial charge is 0.252 e. The molecule has 12 heteroatoms. The van der Waals surface area contributed by atoms with Gasteiger partial charge in [0.05, 0.1) is 22.7 Å². The SMILES string of the molecule is COc1ccc(C)c2sc(N(Cc3cccnc3)C(=O)C3CCN(S(=O)(=O)c4ccc(Cl)s4)CC3)nc12. The van der Waals surface area contributed by atoms with Crippen molar-refractivity contribution in [1.29, 1.82) is 0 Å². The summed E-state index contributed by atoms with van der Waals surface area (Å²) >= 11 is 8.45. The van der Waals surface area contributed by atoms with Crippen LogP contribution >= 0.6 is 34.3 Å². The fourth-order valence-corrected chi connectivity index (χ4v) is 8.58. The van der Waals surface area contributed by atoms with Crippen LogP contribution in [0.3, 0.4) is 0 Å². The average molecular weight is 577 g/mol. The molecule has 5 rings (SSSR count). The van der Waals surface area contributed by atoms with Gasteiger partial charge in [-0.15, -0.1) is 11.3 Å². The van der Waals surface area contributed by atoms with E-state index in [2.05, 4.69) is 4.98 Å². The van der Waals surface area contributed by atoms with Gasteiger partial charge in [0, 0.05) is 31.4 Å².